The number of ether oxygens (including phenoxy) is 1. The summed E-state index contributed by atoms with van der Waals surface area (Å²) in [6.45, 7) is 0.836. The minimum atomic E-state index is -0.197. The number of nitrogens with zero attached hydrogens (tertiary/aromatic N) is 2. The van der Waals surface area contributed by atoms with Crippen LogP contribution in [0.2, 0.25) is 5.02 Å². The lowest BCUT2D eigenvalue weighted by Gasteiger charge is -2.16. The van der Waals surface area contributed by atoms with Crippen LogP contribution in [0.25, 0.3) is 11.3 Å². The van der Waals surface area contributed by atoms with Gasteiger partial charge in [0, 0.05) is 36.1 Å². The predicted molar refractivity (Wildman–Crippen MR) is 114 cm³/mol. The van der Waals surface area contributed by atoms with Crippen molar-refractivity contribution in [3.8, 4) is 17.0 Å². The molecule has 1 amide bonds. The van der Waals surface area contributed by atoms with Gasteiger partial charge in [0.15, 0.2) is 0 Å². The van der Waals surface area contributed by atoms with E-state index in [2.05, 4.69) is 10.4 Å². The molecule has 6 nitrogen and oxygen atoms in total. The standard InChI is InChI=1S/C22H23ClN4O2/c1-27-20(9-11-25-27)18-13-14(5-8-21(18)29-12-10-24)26-22(28)17-7-6-16-15(17)3-2-4-19(16)23/h2-5,8-9,11,13,17H,6-7,10,12,24H2,1H3,(H,26,28). The van der Waals surface area contributed by atoms with Crippen LogP contribution in [0.1, 0.15) is 23.5 Å². The molecule has 0 fully saturated rings. The summed E-state index contributed by atoms with van der Waals surface area (Å²) in [5, 5.41) is 8.03. The molecule has 0 bridgehead atoms. The Balaban J connectivity index is 1.61. The minimum absolute atomic E-state index is 0.0300. The molecular weight excluding hydrogens is 388 g/mol. The molecule has 0 saturated heterocycles. The van der Waals surface area contributed by atoms with Gasteiger partial charge in [-0.3, -0.25) is 9.48 Å². The largest absolute Gasteiger partial charge is 0.492 e. The fraction of sp³-hybridized carbons (Fsp3) is 0.273. The maximum absolute atomic E-state index is 13.0. The molecule has 1 aromatic heterocycles. The first-order valence-electron chi connectivity index (χ1n) is 9.62. The molecular formula is C22H23ClN4O2. The monoisotopic (exact) mass is 410 g/mol. The number of hydrogen-bond donors (Lipinski definition) is 2. The van der Waals surface area contributed by atoms with Crippen LogP contribution in [0.15, 0.2) is 48.7 Å². The van der Waals surface area contributed by atoms with Gasteiger partial charge in [0.1, 0.15) is 12.4 Å². The van der Waals surface area contributed by atoms with E-state index >= 15 is 0 Å². The van der Waals surface area contributed by atoms with Gasteiger partial charge in [0.05, 0.1) is 11.6 Å². The second kappa shape index (κ2) is 8.27. The van der Waals surface area contributed by atoms with E-state index in [0.717, 1.165) is 40.2 Å². The smallest absolute Gasteiger partial charge is 0.231 e. The quantitative estimate of drug-likeness (QED) is 0.648. The van der Waals surface area contributed by atoms with Crippen LogP contribution in [0, 0.1) is 0 Å². The number of carbonyl (C=O) groups excluding carboxylic acids is 1. The molecule has 7 heteroatoms. The maximum Gasteiger partial charge on any atom is 0.231 e. The molecule has 3 N–H and O–H groups in total. The first kappa shape index (κ1) is 19.5. The van der Waals surface area contributed by atoms with Crippen molar-refractivity contribution >= 4 is 23.2 Å². The summed E-state index contributed by atoms with van der Waals surface area (Å²) in [6, 6.07) is 13.3. The Hall–Kier alpha value is -2.83. The highest BCUT2D eigenvalue weighted by atomic mass is 35.5. The van der Waals surface area contributed by atoms with Crippen LogP contribution in [0.3, 0.4) is 0 Å². The maximum atomic E-state index is 13.0. The van der Waals surface area contributed by atoms with E-state index in [4.69, 9.17) is 22.1 Å². The Bertz CT molecular complexity index is 1050. The van der Waals surface area contributed by atoms with Gasteiger partial charge < -0.3 is 15.8 Å². The fourth-order valence-corrected chi connectivity index (χ4v) is 4.13. The number of nitrogens with one attached hydrogen (secondary N) is 1. The summed E-state index contributed by atoms with van der Waals surface area (Å²) in [5.41, 5.74) is 10.1. The Morgan fingerprint density at radius 3 is 2.97 bits per heavy atom. The number of hydrogen-bond acceptors (Lipinski definition) is 4. The summed E-state index contributed by atoms with van der Waals surface area (Å²) in [6.07, 6.45) is 3.31. The van der Waals surface area contributed by atoms with Gasteiger partial charge in [-0.2, -0.15) is 5.10 Å². The van der Waals surface area contributed by atoms with Crippen molar-refractivity contribution < 1.29 is 9.53 Å². The van der Waals surface area contributed by atoms with E-state index in [1.165, 1.54) is 0 Å². The van der Waals surface area contributed by atoms with Gasteiger partial charge in [0.2, 0.25) is 5.91 Å². The third kappa shape index (κ3) is 3.86. The number of rotatable bonds is 6. The molecule has 150 valence electrons. The highest BCUT2D eigenvalue weighted by Gasteiger charge is 2.30. The van der Waals surface area contributed by atoms with Crippen molar-refractivity contribution in [3.05, 3.63) is 64.8 Å². The number of halogens is 1. The number of benzene rings is 2. The van der Waals surface area contributed by atoms with Gasteiger partial charge in [-0.1, -0.05) is 23.7 Å². The number of carbonyl (C=O) groups is 1. The van der Waals surface area contributed by atoms with Crippen LogP contribution in [-0.2, 0) is 18.3 Å². The molecule has 1 heterocycles. The van der Waals surface area contributed by atoms with Crippen LogP contribution in [0.4, 0.5) is 5.69 Å². The zero-order valence-electron chi connectivity index (χ0n) is 16.2. The van der Waals surface area contributed by atoms with Crippen LogP contribution in [0.5, 0.6) is 5.75 Å². The topological polar surface area (TPSA) is 82.2 Å². The third-order valence-corrected chi connectivity index (χ3v) is 5.60. The lowest BCUT2D eigenvalue weighted by atomic mass is 10.00. The molecule has 0 saturated carbocycles. The lowest BCUT2D eigenvalue weighted by molar-refractivity contribution is -0.117. The van der Waals surface area contributed by atoms with Gasteiger partial charge in [0.25, 0.3) is 0 Å². The highest BCUT2D eigenvalue weighted by Crippen LogP contribution is 2.38. The van der Waals surface area contributed by atoms with Crippen LogP contribution >= 0.6 is 11.6 Å². The minimum Gasteiger partial charge on any atom is -0.492 e. The van der Waals surface area contributed by atoms with Gasteiger partial charge >= 0.3 is 0 Å². The molecule has 2 aromatic carbocycles. The van der Waals surface area contributed by atoms with E-state index in [0.29, 0.717) is 24.6 Å². The number of aryl methyl sites for hydroxylation is 1. The second-order valence-electron chi connectivity index (χ2n) is 7.08. The molecule has 29 heavy (non-hydrogen) atoms. The van der Waals surface area contributed by atoms with E-state index in [-0.39, 0.29) is 11.8 Å². The third-order valence-electron chi connectivity index (χ3n) is 5.25. The molecule has 0 aliphatic heterocycles. The predicted octanol–water partition coefficient (Wildman–Crippen LogP) is 3.75. The highest BCUT2D eigenvalue weighted by molar-refractivity contribution is 6.31. The van der Waals surface area contributed by atoms with Crippen LogP contribution < -0.4 is 15.8 Å². The van der Waals surface area contributed by atoms with Gasteiger partial charge in [-0.15, -0.1) is 0 Å². The molecule has 1 unspecified atom stereocenters. The number of fused-ring (bicyclic) bond motifs is 1. The summed E-state index contributed by atoms with van der Waals surface area (Å²) < 4.78 is 7.56. The number of amides is 1. The average molecular weight is 411 g/mol. The van der Waals surface area contributed by atoms with E-state index in [9.17, 15) is 4.79 Å². The van der Waals surface area contributed by atoms with Crippen molar-refractivity contribution in [2.75, 3.05) is 18.5 Å². The number of anilines is 1. The molecule has 1 aliphatic rings. The summed E-state index contributed by atoms with van der Waals surface area (Å²) in [5.74, 6) is 0.477. The first-order valence-corrected chi connectivity index (χ1v) is 9.99. The zero-order valence-corrected chi connectivity index (χ0v) is 16.9. The van der Waals surface area contributed by atoms with Crippen molar-refractivity contribution in [3.63, 3.8) is 0 Å². The van der Waals surface area contributed by atoms with E-state index in [1.807, 2.05) is 49.5 Å². The Morgan fingerprint density at radius 2 is 2.21 bits per heavy atom. The molecule has 1 atom stereocenters. The van der Waals surface area contributed by atoms with Crippen LogP contribution in [-0.4, -0.2) is 28.8 Å². The average Bonchev–Trinajstić information content (AvgIpc) is 3.34. The molecule has 3 aromatic rings. The molecule has 4 rings (SSSR count). The molecule has 1 aliphatic carbocycles. The zero-order chi connectivity index (χ0) is 20.4. The summed E-state index contributed by atoms with van der Waals surface area (Å²) >= 11 is 6.29. The number of nitrogens with two attached hydrogens (primary N) is 1. The Kier molecular flexibility index (Phi) is 5.56. The SMILES string of the molecule is Cn1nccc1-c1cc(NC(=O)C2CCc3c(Cl)cccc32)ccc1OCCN. The Labute approximate surface area is 174 Å². The molecule has 0 radical (unpaired) electrons. The fourth-order valence-electron chi connectivity index (χ4n) is 3.85. The van der Waals surface area contributed by atoms with E-state index in [1.54, 1.807) is 10.9 Å². The first-order chi connectivity index (χ1) is 14.1. The molecule has 0 spiro atoms. The van der Waals surface area contributed by atoms with Gasteiger partial charge in [-0.25, -0.2) is 0 Å². The van der Waals surface area contributed by atoms with Gasteiger partial charge in [-0.05, 0) is 54.3 Å². The van der Waals surface area contributed by atoms with E-state index < -0.39 is 0 Å². The summed E-state index contributed by atoms with van der Waals surface area (Å²) in [4.78, 5) is 13.0. The lowest BCUT2D eigenvalue weighted by Crippen LogP contribution is -2.19. The Morgan fingerprint density at radius 1 is 1.34 bits per heavy atom. The summed E-state index contributed by atoms with van der Waals surface area (Å²) in [7, 11) is 1.87. The van der Waals surface area contributed by atoms with Crippen molar-refractivity contribution in [1.82, 2.24) is 9.78 Å². The van der Waals surface area contributed by atoms with Crippen molar-refractivity contribution in [1.29, 1.82) is 0 Å². The van der Waals surface area contributed by atoms with Crippen molar-refractivity contribution in [2.45, 2.75) is 18.8 Å². The number of aromatic nitrogens is 2. The normalized spacial score (nSPS) is 15.2. The van der Waals surface area contributed by atoms with Crippen molar-refractivity contribution in [2.24, 2.45) is 12.8 Å². The second-order valence-corrected chi connectivity index (χ2v) is 7.48.